The molecule has 0 amide bonds. The Morgan fingerprint density at radius 1 is 1.08 bits per heavy atom. The van der Waals surface area contributed by atoms with E-state index < -0.39 is 11.7 Å². The predicted octanol–water partition coefficient (Wildman–Crippen LogP) is 7.62. The fourth-order valence-electron chi connectivity index (χ4n) is 4.97. The van der Waals surface area contributed by atoms with Crippen LogP contribution in [0, 0.1) is 12.3 Å². The largest absolute Gasteiger partial charge is 0.461 e. The minimum Gasteiger partial charge on any atom is -0.461 e. The van der Waals surface area contributed by atoms with Gasteiger partial charge in [0.25, 0.3) is 0 Å². The van der Waals surface area contributed by atoms with Gasteiger partial charge in [0, 0.05) is 42.3 Å². The maximum atomic E-state index is 13.5. The molecular formula is C32H49N3O3. The Labute approximate surface area is 230 Å². The summed E-state index contributed by atoms with van der Waals surface area (Å²) >= 11 is 0. The average Bonchev–Trinajstić information content (AvgIpc) is 2.82. The molecule has 1 atom stereocenters. The van der Waals surface area contributed by atoms with Crippen LogP contribution in [-0.4, -0.2) is 40.7 Å². The van der Waals surface area contributed by atoms with Crippen LogP contribution >= 0.6 is 0 Å². The highest BCUT2D eigenvalue weighted by atomic mass is 16.6. The Morgan fingerprint density at radius 2 is 1.76 bits per heavy atom. The first kappa shape index (κ1) is 30.1. The number of piperidine rings is 1. The van der Waals surface area contributed by atoms with Crippen molar-refractivity contribution in [3.05, 3.63) is 41.3 Å². The van der Waals surface area contributed by atoms with Gasteiger partial charge in [-0.15, -0.1) is 0 Å². The van der Waals surface area contributed by atoms with Crippen LogP contribution < -0.4 is 4.90 Å². The van der Waals surface area contributed by atoms with E-state index in [9.17, 15) is 4.79 Å². The summed E-state index contributed by atoms with van der Waals surface area (Å²) in [5.74, 6) is -0.380. The Balaban J connectivity index is 2.15. The number of pyridine rings is 2. The van der Waals surface area contributed by atoms with Crippen molar-refractivity contribution in [2.24, 2.45) is 5.41 Å². The fraction of sp³-hybridized carbons (Fsp3) is 0.656. The van der Waals surface area contributed by atoms with Crippen molar-refractivity contribution in [3.8, 4) is 11.3 Å². The van der Waals surface area contributed by atoms with Gasteiger partial charge in [0.2, 0.25) is 0 Å². The van der Waals surface area contributed by atoms with Gasteiger partial charge >= 0.3 is 5.97 Å². The quantitative estimate of drug-likeness (QED) is 0.236. The summed E-state index contributed by atoms with van der Waals surface area (Å²) in [4.78, 5) is 25.6. The summed E-state index contributed by atoms with van der Waals surface area (Å²) in [6.07, 6.45) is 9.55. The molecule has 6 nitrogen and oxygen atoms in total. The molecule has 0 bridgehead atoms. The topological polar surface area (TPSA) is 64.6 Å². The van der Waals surface area contributed by atoms with Crippen molar-refractivity contribution in [3.63, 3.8) is 0 Å². The zero-order chi connectivity index (χ0) is 28.1. The van der Waals surface area contributed by atoms with Crippen molar-refractivity contribution >= 4 is 11.7 Å². The van der Waals surface area contributed by atoms with Gasteiger partial charge in [-0.05, 0) is 84.3 Å². The Morgan fingerprint density at radius 3 is 2.32 bits per heavy atom. The zero-order valence-electron chi connectivity index (χ0n) is 25.2. The van der Waals surface area contributed by atoms with Gasteiger partial charge in [0.1, 0.15) is 0 Å². The molecule has 0 aliphatic carbocycles. The standard InChI is InChI=1S/C32H49N3O3/c1-10-11-12-13-24-14-15-26(34-20-24)25-21-33-23(4)27(28(25)35-18-16-32(8,9)17-19-35)29(38-31(5,6)7)30(36)37-22(2)3/h14-15,20-22,29H,10-13,16-19H2,1-9H3/t29-/m0/s1. The Bertz CT molecular complexity index is 1060. The summed E-state index contributed by atoms with van der Waals surface area (Å²) in [6.45, 7) is 20.3. The molecule has 0 unspecified atom stereocenters. The van der Waals surface area contributed by atoms with Gasteiger partial charge in [0.05, 0.1) is 23.1 Å². The van der Waals surface area contributed by atoms with Crippen LogP contribution in [0.1, 0.15) is 110 Å². The number of nitrogens with zero attached hydrogens (tertiary/aromatic N) is 3. The van der Waals surface area contributed by atoms with E-state index in [1.165, 1.54) is 24.8 Å². The predicted molar refractivity (Wildman–Crippen MR) is 155 cm³/mol. The number of carbonyl (C=O) groups is 1. The lowest BCUT2D eigenvalue weighted by Crippen LogP contribution is -2.39. The van der Waals surface area contributed by atoms with Crippen molar-refractivity contribution in [1.29, 1.82) is 0 Å². The Hall–Kier alpha value is -2.47. The highest BCUT2D eigenvalue weighted by molar-refractivity contribution is 5.86. The highest BCUT2D eigenvalue weighted by Gasteiger charge is 2.37. The minimum atomic E-state index is -0.886. The van der Waals surface area contributed by atoms with Crippen molar-refractivity contribution in [2.75, 3.05) is 18.0 Å². The maximum absolute atomic E-state index is 13.5. The molecule has 1 aliphatic rings. The Kier molecular flexibility index (Phi) is 9.96. The van der Waals surface area contributed by atoms with Crippen LogP contribution in [-0.2, 0) is 20.7 Å². The number of anilines is 1. The van der Waals surface area contributed by atoms with Crippen molar-refractivity contribution in [1.82, 2.24) is 9.97 Å². The van der Waals surface area contributed by atoms with Crippen molar-refractivity contribution in [2.45, 2.75) is 119 Å². The molecule has 1 saturated heterocycles. The van der Waals surface area contributed by atoms with E-state index in [-0.39, 0.29) is 17.5 Å². The van der Waals surface area contributed by atoms with Crippen LogP contribution in [0.5, 0.6) is 0 Å². The fourth-order valence-corrected chi connectivity index (χ4v) is 4.97. The van der Waals surface area contributed by atoms with E-state index in [4.69, 9.17) is 19.4 Å². The first-order chi connectivity index (χ1) is 17.8. The first-order valence-corrected chi connectivity index (χ1v) is 14.4. The van der Waals surface area contributed by atoms with E-state index in [1.54, 1.807) is 0 Å². The molecule has 0 aromatic carbocycles. The third-order valence-electron chi connectivity index (χ3n) is 7.19. The summed E-state index contributed by atoms with van der Waals surface area (Å²) in [5, 5.41) is 0. The second-order valence-corrected chi connectivity index (χ2v) is 12.8. The number of rotatable bonds is 10. The van der Waals surface area contributed by atoms with Gasteiger partial charge in [-0.3, -0.25) is 9.97 Å². The molecule has 0 spiro atoms. The number of carbonyl (C=O) groups excluding carboxylic acids is 1. The second-order valence-electron chi connectivity index (χ2n) is 12.8. The molecule has 2 aromatic rings. The molecule has 0 saturated carbocycles. The number of ether oxygens (including phenoxy) is 2. The minimum absolute atomic E-state index is 0.244. The molecule has 3 rings (SSSR count). The third-order valence-corrected chi connectivity index (χ3v) is 7.19. The SMILES string of the molecule is CCCCCc1ccc(-c2cnc(C)c([C@H](OC(C)(C)C)C(=O)OC(C)C)c2N2CCC(C)(C)CC2)nc1. The van der Waals surface area contributed by atoms with Crippen LogP contribution in [0.3, 0.4) is 0 Å². The van der Waals surface area contributed by atoms with Crippen molar-refractivity contribution < 1.29 is 14.3 Å². The summed E-state index contributed by atoms with van der Waals surface area (Å²) in [7, 11) is 0. The lowest BCUT2D eigenvalue weighted by molar-refractivity contribution is -0.171. The maximum Gasteiger partial charge on any atom is 0.340 e. The summed E-state index contributed by atoms with van der Waals surface area (Å²) in [6, 6.07) is 4.28. The van der Waals surface area contributed by atoms with E-state index in [2.05, 4.69) is 37.8 Å². The molecule has 3 heterocycles. The lowest BCUT2D eigenvalue weighted by atomic mass is 9.82. The summed E-state index contributed by atoms with van der Waals surface area (Å²) in [5.41, 5.74) is 5.34. The van der Waals surface area contributed by atoms with Crippen LogP contribution in [0.25, 0.3) is 11.3 Å². The number of hydrogen-bond acceptors (Lipinski definition) is 6. The van der Waals surface area contributed by atoms with E-state index >= 15 is 0 Å². The number of hydrogen-bond donors (Lipinski definition) is 0. The average molecular weight is 524 g/mol. The van der Waals surface area contributed by atoms with Gasteiger partial charge in [0.15, 0.2) is 6.10 Å². The third kappa shape index (κ3) is 8.02. The zero-order valence-corrected chi connectivity index (χ0v) is 25.2. The van der Waals surface area contributed by atoms with E-state index in [1.807, 2.05) is 53.9 Å². The molecule has 2 aromatic heterocycles. The smallest absolute Gasteiger partial charge is 0.340 e. The second kappa shape index (κ2) is 12.6. The molecule has 0 radical (unpaired) electrons. The van der Waals surface area contributed by atoms with Crippen LogP contribution in [0.4, 0.5) is 5.69 Å². The van der Waals surface area contributed by atoms with Gasteiger partial charge in [-0.25, -0.2) is 4.79 Å². The normalized spacial score (nSPS) is 16.5. The molecule has 1 fully saturated rings. The van der Waals surface area contributed by atoms with Crippen LogP contribution in [0.2, 0.25) is 0 Å². The van der Waals surface area contributed by atoms with Gasteiger partial charge in [-0.1, -0.05) is 39.7 Å². The van der Waals surface area contributed by atoms with E-state index in [0.717, 1.165) is 60.6 Å². The summed E-state index contributed by atoms with van der Waals surface area (Å²) < 4.78 is 12.2. The lowest BCUT2D eigenvalue weighted by Gasteiger charge is -2.41. The van der Waals surface area contributed by atoms with Gasteiger partial charge in [-0.2, -0.15) is 0 Å². The van der Waals surface area contributed by atoms with Gasteiger partial charge < -0.3 is 14.4 Å². The number of aryl methyl sites for hydroxylation is 2. The molecule has 1 aliphatic heterocycles. The highest BCUT2D eigenvalue weighted by Crippen LogP contribution is 2.43. The number of aromatic nitrogens is 2. The molecule has 210 valence electrons. The van der Waals surface area contributed by atoms with E-state index in [0.29, 0.717) is 0 Å². The molecule has 0 N–H and O–H groups in total. The monoisotopic (exact) mass is 523 g/mol. The van der Waals surface area contributed by atoms with Crippen LogP contribution in [0.15, 0.2) is 24.5 Å². The molecule has 6 heteroatoms. The first-order valence-electron chi connectivity index (χ1n) is 14.4. The molecular weight excluding hydrogens is 474 g/mol. The molecule has 38 heavy (non-hydrogen) atoms. The number of esters is 1. The number of unbranched alkanes of at least 4 members (excludes halogenated alkanes) is 2.